The van der Waals surface area contributed by atoms with Crippen LogP contribution in [-0.4, -0.2) is 23.9 Å². The summed E-state index contributed by atoms with van der Waals surface area (Å²) in [6, 6.07) is 4.34. The van der Waals surface area contributed by atoms with Crippen LogP contribution in [0.25, 0.3) is 0 Å². The Bertz CT molecular complexity index is 703. The van der Waals surface area contributed by atoms with Crippen LogP contribution in [0.5, 0.6) is 5.75 Å². The van der Waals surface area contributed by atoms with E-state index in [-0.39, 0.29) is 12.4 Å². The zero-order chi connectivity index (χ0) is 19.4. The van der Waals surface area contributed by atoms with Gasteiger partial charge in [0.25, 0.3) is 0 Å². The van der Waals surface area contributed by atoms with Crippen LogP contribution in [0.4, 0.5) is 13.2 Å². The Morgan fingerprint density at radius 2 is 1.88 bits per heavy atom. The molecule has 0 aliphatic carbocycles. The predicted molar refractivity (Wildman–Crippen MR) is 88.7 cm³/mol. The van der Waals surface area contributed by atoms with Gasteiger partial charge in [0, 0.05) is 16.7 Å². The van der Waals surface area contributed by atoms with Crippen LogP contribution in [0.15, 0.2) is 18.2 Å². The fourth-order valence-corrected chi connectivity index (χ4v) is 2.14. The van der Waals surface area contributed by atoms with Crippen molar-refractivity contribution in [1.82, 2.24) is 0 Å². The number of nitriles is 1. The molecule has 0 aliphatic heterocycles. The molecule has 0 heterocycles. The van der Waals surface area contributed by atoms with Gasteiger partial charge in [0.2, 0.25) is 0 Å². The molecule has 4 nitrogen and oxygen atoms in total. The van der Waals surface area contributed by atoms with Gasteiger partial charge in [0.1, 0.15) is 5.75 Å². The van der Waals surface area contributed by atoms with Crippen LogP contribution in [0.3, 0.4) is 0 Å². The predicted octanol–water partition coefficient (Wildman–Crippen LogP) is 3.95. The lowest BCUT2D eigenvalue weighted by Gasteiger charge is -2.21. The minimum atomic E-state index is -4.84. The zero-order valence-electron chi connectivity index (χ0n) is 14.0. The van der Waals surface area contributed by atoms with Gasteiger partial charge in [-0.05, 0) is 18.2 Å². The molecule has 0 saturated carbocycles. The summed E-state index contributed by atoms with van der Waals surface area (Å²) in [5.74, 6) is -3.48. The fourth-order valence-electron chi connectivity index (χ4n) is 2.05. The van der Waals surface area contributed by atoms with Crippen LogP contribution < -0.4 is 4.74 Å². The second kappa shape index (κ2) is 7.91. The first kappa shape index (κ1) is 21.0. The number of hydrogen-bond donors (Lipinski definition) is 1. The highest BCUT2D eigenvalue weighted by Gasteiger charge is 2.41. The summed E-state index contributed by atoms with van der Waals surface area (Å²) in [6.45, 7) is 4.57. The number of carbonyl (C=O) groups excluding carboxylic acids is 2. The molecule has 0 N–H and O–H groups in total. The molecule has 136 valence electrons. The maximum Gasteiger partial charge on any atom is 0.417 e. The normalized spacial score (nSPS) is 13.0. The van der Waals surface area contributed by atoms with Crippen molar-refractivity contribution in [3.8, 4) is 11.8 Å². The number of rotatable bonds is 6. The van der Waals surface area contributed by atoms with Crippen LogP contribution in [-0.2, 0) is 11.0 Å². The Morgan fingerprint density at radius 3 is 2.32 bits per heavy atom. The molecule has 1 unspecified atom stereocenters. The number of ketones is 2. The molecule has 0 fully saturated rings. The van der Waals surface area contributed by atoms with Crippen molar-refractivity contribution < 1.29 is 27.5 Å². The number of nitrogens with zero attached hydrogens (tertiary/aromatic N) is 1. The van der Waals surface area contributed by atoms with Gasteiger partial charge in [-0.3, -0.25) is 9.59 Å². The molecular formula is C17H18F3NO3S. The Kier molecular flexibility index (Phi) is 6.66. The first-order valence-corrected chi connectivity index (χ1v) is 7.99. The number of carbonyl (C=O) groups is 2. The van der Waals surface area contributed by atoms with Crippen molar-refractivity contribution in [2.45, 2.75) is 26.9 Å². The monoisotopic (exact) mass is 373 g/mol. The molecule has 1 rings (SSSR count). The highest BCUT2D eigenvalue weighted by molar-refractivity contribution is 7.80. The zero-order valence-corrected chi connectivity index (χ0v) is 14.9. The number of thiol groups is 1. The van der Waals surface area contributed by atoms with Gasteiger partial charge in [-0.1, -0.05) is 20.8 Å². The minimum absolute atomic E-state index is 0.0754. The second-order valence-electron chi connectivity index (χ2n) is 6.32. The van der Waals surface area contributed by atoms with E-state index in [1.807, 2.05) is 0 Å². The quantitative estimate of drug-likeness (QED) is 0.466. The van der Waals surface area contributed by atoms with Crippen molar-refractivity contribution >= 4 is 24.2 Å². The lowest BCUT2D eigenvalue weighted by atomic mass is 9.80. The number of Topliss-reactive ketones (excluding diaryl/α,β-unsaturated/α-hetero) is 2. The van der Waals surface area contributed by atoms with Gasteiger partial charge in [-0.15, -0.1) is 0 Å². The van der Waals surface area contributed by atoms with Gasteiger partial charge < -0.3 is 4.74 Å². The van der Waals surface area contributed by atoms with E-state index < -0.39 is 40.2 Å². The van der Waals surface area contributed by atoms with Crippen LogP contribution in [0.2, 0.25) is 0 Å². The van der Waals surface area contributed by atoms with E-state index in [4.69, 9.17) is 10.00 Å². The van der Waals surface area contributed by atoms with Crippen LogP contribution in [0, 0.1) is 22.7 Å². The SMILES string of the molecule is CC(C)(C)C(=O)C(C#N)C(=O)c1ccc(OCCS)cc1C(F)(F)F. The van der Waals surface area contributed by atoms with Crippen molar-refractivity contribution in [1.29, 1.82) is 5.26 Å². The van der Waals surface area contributed by atoms with Crippen LogP contribution >= 0.6 is 12.6 Å². The number of alkyl halides is 3. The summed E-state index contributed by atoms with van der Waals surface area (Å²) < 4.78 is 45.1. The third kappa shape index (κ3) is 5.23. The Morgan fingerprint density at radius 1 is 1.28 bits per heavy atom. The number of halogens is 3. The summed E-state index contributed by atoms with van der Waals surface area (Å²) >= 11 is 3.90. The standard InChI is InChI=1S/C17H18F3NO3S/c1-16(2,3)15(23)12(9-21)14(22)11-5-4-10(24-6-7-25)8-13(11)17(18,19)20/h4-5,8,12,25H,6-7H2,1-3H3. The minimum Gasteiger partial charge on any atom is -0.493 e. The van der Waals surface area contributed by atoms with E-state index in [2.05, 4.69) is 12.6 Å². The van der Waals surface area contributed by atoms with Crippen molar-refractivity contribution in [3.05, 3.63) is 29.3 Å². The summed E-state index contributed by atoms with van der Waals surface area (Å²) in [4.78, 5) is 24.7. The molecule has 0 amide bonds. The largest absolute Gasteiger partial charge is 0.493 e. The van der Waals surface area contributed by atoms with Crippen molar-refractivity contribution in [2.75, 3.05) is 12.4 Å². The molecule has 8 heteroatoms. The molecule has 0 aromatic heterocycles. The third-order valence-electron chi connectivity index (χ3n) is 3.31. The fraction of sp³-hybridized carbons (Fsp3) is 0.471. The Labute approximate surface area is 149 Å². The van der Waals surface area contributed by atoms with E-state index in [1.165, 1.54) is 32.9 Å². The van der Waals surface area contributed by atoms with Gasteiger partial charge in [-0.2, -0.15) is 31.1 Å². The summed E-state index contributed by atoms with van der Waals surface area (Å²) in [5, 5.41) is 9.15. The molecular weight excluding hydrogens is 355 g/mol. The van der Waals surface area contributed by atoms with Crippen molar-refractivity contribution in [3.63, 3.8) is 0 Å². The summed E-state index contributed by atoms with van der Waals surface area (Å²) in [7, 11) is 0. The summed E-state index contributed by atoms with van der Waals surface area (Å²) in [5.41, 5.74) is -3.00. The Balaban J connectivity index is 3.37. The van der Waals surface area contributed by atoms with Gasteiger partial charge in [-0.25, -0.2) is 0 Å². The maximum atomic E-state index is 13.3. The molecule has 1 aromatic rings. The molecule has 1 atom stereocenters. The highest BCUT2D eigenvalue weighted by atomic mass is 32.1. The second-order valence-corrected chi connectivity index (χ2v) is 6.77. The highest BCUT2D eigenvalue weighted by Crippen LogP contribution is 2.36. The topological polar surface area (TPSA) is 67.2 Å². The van der Waals surface area contributed by atoms with Gasteiger partial charge in [0.05, 0.1) is 18.2 Å². The van der Waals surface area contributed by atoms with Gasteiger partial charge in [0.15, 0.2) is 17.5 Å². The average Bonchev–Trinajstić information content (AvgIpc) is 2.51. The Hall–Kier alpha value is -2.01. The number of ether oxygens (including phenoxy) is 1. The molecule has 0 spiro atoms. The van der Waals surface area contributed by atoms with E-state index in [0.717, 1.165) is 6.07 Å². The van der Waals surface area contributed by atoms with E-state index >= 15 is 0 Å². The van der Waals surface area contributed by atoms with Crippen LogP contribution in [0.1, 0.15) is 36.7 Å². The number of benzene rings is 1. The molecule has 0 radical (unpaired) electrons. The molecule has 1 aromatic carbocycles. The van der Waals surface area contributed by atoms with E-state index in [9.17, 15) is 22.8 Å². The van der Waals surface area contributed by atoms with E-state index in [1.54, 1.807) is 0 Å². The first-order chi connectivity index (χ1) is 11.4. The summed E-state index contributed by atoms with van der Waals surface area (Å²) in [6.07, 6.45) is -4.84. The first-order valence-electron chi connectivity index (χ1n) is 7.36. The van der Waals surface area contributed by atoms with Crippen molar-refractivity contribution in [2.24, 2.45) is 11.3 Å². The molecule has 0 bridgehead atoms. The molecule has 25 heavy (non-hydrogen) atoms. The smallest absolute Gasteiger partial charge is 0.417 e. The molecule has 0 saturated heterocycles. The lowest BCUT2D eigenvalue weighted by molar-refractivity contribution is -0.138. The molecule has 0 aliphatic rings. The average molecular weight is 373 g/mol. The lowest BCUT2D eigenvalue weighted by Crippen LogP contribution is -2.33. The van der Waals surface area contributed by atoms with E-state index in [0.29, 0.717) is 11.8 Å². The number of hydrogen-bond acceptors (Lipinski definition) is 5. The van der Waals surface area contributed by atoms with Gasteiger partial charge >= 0.3 is 6.18 Å². The maximum absolute atomic E-state index is 13.3. The third-order valence-corrected chi connectivity index (χ3v) is 3.50.